The summed E-state index contributed by atoms with van der Waals surface area (Å²) in [5, 5.41) is 1.18. The summed E-state index contributed by atoms with van der Waals surface area (Å²) in [6.45, 7) is 4.05. The minimum absolute atomic E-state index is 0.102. The van der Waals surface area contributed by atoms with Crippen LogP contribution in [0.4, 0.5) is 0 Å². The highest BCUT2D eigenvalue weighted by molar-refractivity contribution is 7.98. The molecule has 0 radical (unpaired) electrons. The van der Waals surface area contributed by atoms with Gasteiger partial charge in [-0.05, 0) is 54.8 Å². The van der Waals surface area contributed by atoms with Crippen molar-refractivity contribution in [2.24, 2.45) is 0 Å². The van der Waals surface area contributed by atoms with Gasteiger partial charge in [-0.25, -0.2) is 4.98 Å². The number of benzene rings is 2. The maximum Gasteiger partial charge on any atom is 0.287 e. The molecule has 0 fully saturated rings. The normalized spacial score (nSPS) is 10.8. The van der Waals surface area contributed by atoms with Crippen LogP contribution in [0.1, 0.15) is 16.7 Å². The lowest BCUT2D eigenvalue weighted by Crippen LogP contribution is -2.20. The number of aromatic nitrogens is 2. The van der Waals surface area contributed by atoms with Gasteiger partial charge in [0.25, 0.3) is 5.56 Å². The quantitative estimate of drug-likeness (QED) is 0.630. The molecule has 0 saturated carbocycles. The molecule has 0 unspecified atom stereocenters. The molecule has 0 aliphatic rings. The zero-order valence-electron chi connectivity index (χ0n) is 13.5. The summed E-state index contributed by atoms with van der Waals surface area (Å²) in [6, 6.07) is 13.7. The molecule has 3 nitrogen and oxygen atoms in total. The van der Waals surface area contributed by atoms with Crippen molar-refractivity contribution in [2.75, 3.05) is 0 Å². The molecule has 0 saturated heterocycles. The van der Waals surface area contributed by atoms with Gasteiger partial charge in [0, 0.05) is 28.9 Å². The van der Waals surface area contributed by atoms with Crippen LogP contribution in [-0.2, 0) is 5.75 Å². The van der Waals surface area contributed by atoms with Crippen LogP contribution in [0.15, 0.2) is 64.7 Å². The summed E-state index contributed by atoms with van der Waals surface area (Å²) in [6.07, 6.45) is 3.37. The topological polar surface area (TPSA) is 34.9 Å². The number of nitrogens with zero attached hydrogens (tertiary/aromatic N) is 2. The van der Waals surface area contributed by atoms with Crippen LogP contribution in [0.5, 0.6) is 0 Å². The Morgan fingerprint density at radius 3 is 2.58 bits per heavy atom. The van der Waals surface area contributed by atoms with Crippen LogP contribution in [0.25, 0.3) is 5.69 Å². The first-order valence-corrected chi connectivity index (χ1v) is 8.93. The average molecular weight is 357 g/mol. The SMILES string of the molecule is Cc1cc(C)cc(-n2ccnc(SCc3cccc(Cl)c3)c2=O)c1. The molecule has 5 heteroatoms. The standard InChI is InChI=1S/C19H17ClN2OS/c1-13-8-14(2)10-17(9-13)22-7-6-21-18(19(22)23)24-12-15-4-3-5-16(20)11-15/h3-11H,12H2,1-2H3. The fourth-order valence-electron chi connectivity index (χ4n) is 2.56. The fraction of sp³-hybridized carbons (Fsp3) is 0.158. The molecule has 0 aliphatic heterocycles. The Morgan fingerprint density at radius 1 is 1.12 bits per heavy atom. The highest BCUT2D eigenvalue weighted by Crippen LogP contribution is 2.21. The van der Waals surface area contributed by atoms with Crippen molar-refractivity contribution in [2.45, 2.75) is 24.6 Å². The first-order chi connectivity index (χ1) is 11.5. The van der Waals surface area contributed by atoms with E-state index in [1.54, 1.807) is 17.0 Å². The molecular weight excluding hydrogens is 340 g/mol. The van der Waals surface area contributed by atoms with Gasteiger partial charge in [-0.15, -0.1) is 0 Å². The van der Waals surface area contributed by atoms with Crippen molar-refractivity contribution >= 4 is 23.4 Å². The molecule has 1 aromatic heterocycles. The monoisotopic (exact) mass is 356 g/mol. The van der Waals surface area contributed by atoms with Crippen molar-refractivity contribution in [1.82, 2.24) is 9.55 Å². The molecule has 0 aliphatic carbocycles. The Hall–Kier alpha value is -2.04. The number of aryl methyl sites for hydroxylation is 2. The van der Waals surface area contributed by atoms with Crippen molar-refractivity contribution in [3.63, 3.8) is 0 Å². The molecule has 122 valence electrons. The molecule has 3 aromatic rings. The number of thioether (sulfide) groups is 1. The maximum absolute atomic E-state index is 12.7. The Kier molecular flexibility index (Phi) is 5.07. The van der Waals surface area contributed by atoms with Crippen LogP contribution in [0.2, 0.25) is 5.02 Å². The third kappa shape index (κ3) is 3.89. The van der Waals surface area contributed by atoms with E-state index in [-0.39, 0.29) is 5.56 Å². The molecule has 2 aromatic carbocycles. The highest BCUT2D eigenvalue weighted by Gasteiger charge is 2.08. The molecule has 0 atom stereocenters. The Balaban J connectivity index is 1.89. The van der Waals surface area contributed by atoms with Gasteiger partial charge in [0.15, 0.2) is 5.03 Å². The van der Waals surface area contributed by atoms with Gasteiger partial charge < -0.3 is 0 Å². The summed E-state index contributed by atoms with van der Waals surface area (Å²) >= 11 is 7.43. The minimum atomic E-state index is -0.102. The first kappa shape index (κ1) is 16.8. The van der Waals surface area contributed by atoms with E-state index < -0.39 is 0 Å². The summed E-state index contributed by atoms with van der Waals surface area (Å²) in [5.74, 6) is 0.652. The second-order valence-electron chi connectivity index (χ2n) is 5.67. The smallest absolute Gasteiger partial charge is 0.280 e. The highest BCUT2D eigenvalue weighted by atomic mass is 35.5. The summed E-state index contributed by atoms with van der Waals surface area (Å²) in [7, 11) is 0. The van der Waals surface area contributed by atoms with Gasteiger partial charge in [0.1, 0.15) is 0 Å². The number of hydrogen-bond donors (Lipinski definition) is 0. The lowest BCUT2D eigenvalue weighted by Gasteiger charge is -2.09. The van der Waals surface area contributed by atoms with E-state index in [1.165, 1.54) is 11.8 Å². The van der Waals surface area contributed by atoms with Crippen LogP contribution in [0, 0.1) is 13.8 Å². The van der Waals surface area contributed by atoms with Crippen LogP contribution in [-0.4, -0.2) is 9.55 Å². The predicted molar refractivity (Wildman–Crippen MR) is 100 cm³/mol. The third-order valence-corrected chi connectivity index (χ3v) is 4.82. The largest absolute Gasteiger partial charge is 0.287 e. The molecule has 0 amide bonds. The molecule has 0 N–H and O–H groups in total. The van der Waals surface area contributed by atoms with Crippen molar-refractivity contribution < 1.29 is 0 Å². The van der Waals surface area contributed by atoms with Gasteiger partial charge in [-0.2, -0.15) is 0 Å². The van der Waals surface area contributed by atoms with Crippen molar-refractivity contribution in [3.05, 3.63) is 86.9 Å². The van der Waals surface area contributed by atoms with Crippen LogP contribution >= 0.6 is 23.4 Å². The maximum atomic E-state index is 12.7. The zero-order valence-corrected chi connectivity index (χ0v) is 15.1. The van der Waals surface area contributed by atoms with E-state index in [4.69, 9.17) is 11.6 Å². The average Bonchev–Trinajstić information content (AvgIpc) is 2.53. The van der Waals surface area contributed by atoms with Crippen molar-refractivity contribution in [3.8, 4) is 5.69 Å². The third-order valence-electron chi connectivity index (χ3n) is 3.56. The lowest BCUT2D eigenvalue weighted by atomic mass is 10.1. The van der Waals surface area contributed by atoms with E-state index in [0.29, 0.717) is 15.8 Å². The van der Waals surface area contributed by atoms with E-state index >= 15 is 0 Å². The lowest BCUT2D eigenvalue weighted by molar-refractivity contribution is 0.880. The fourth-order valence-corrected chi connectivity index (χ4v) is 3.62. The predicted octanol–water partition coefficient (Wildman–Crippen LogP) is 4.80. The molecular formula is C19H17ClN2OS. The summed E-state index contributed by atoms with van der Waals surface area (Å²) < 4.78 is 1.65. The Labute approximate surface area is 150 Å². The molecule has 0 bridgehead atoms. The van der Waals surface area contributed by atoms with E-state index in [1.807, 2.05) is 50.2 Å². The van der Waals surface area contributed by atoms with Gasteiger partial charge >= 0.3 is 0 Å². The summed E-state index contributed by atoms with van der Waals surface area (Å²) in [4.78, 5) is 17.0. The number of hydrogen-bond acceptors (Lipinski definition) is 3. The molecule has 3 rings (SSSR count). The van der Waals surface area contributed by atoms with Crippen molar-refractivity contribution in [1.29, 1.82) is 0 Å². The molecule has 0 spiro atoms. The van der Waals surface area contributed by atoms with Gasteiger partial charge in [-0.3, -0.25) is 9.36 Å². The molecule has 1 heterocycles. The van der Waals surface area contributed by atoms with Gasteiger partial charge in [0.05, 0.1) is 0 Å². The number of rotatable bonds is 4. The Bertz CT molecular complexity index is 916. The first-order valence-electron chi connectivity index (χ1n) is 7.56. The Morgan fingerprint density at radius 2 is 1.88 bits per heavy atom. The second kappa shape index (κ2) is 7.24. The van der Waals surface area contributed by atoms with Crippen LogP contribution < -0.4 is 5.56 Å². The van der Waals surface area contributed by atoms with E-state index in [0.717, 1.165) is 22.4 Å². The molecule has 24 heavy (non-hydrogen) atoms. The van der Waals surface area contributed by atoms with E-state index in [2.05, 4.69) is 11.1 Å². The zero-order chi connectivity index (χ0) is 17.1. The van der Waals surface area contributed by atoms with Gasteiger partial charge in [-0.1, -0.05) is 41.6 Å². The summed E-state index contributed by atoms with van der Waals surface area (Å²) in [5.41, 5.74) is 4.08. The van der Waals surface area contributed by atoms with Crippen LogP contribution in [0.3, 0.4) is 0 Å². The number of halogens is 1. The minimum Gasteiger partial charge on any atom is -0.280 e. The second-order valence-corrected chi connectivity index (χ2v) is 7.07. The van der Waals surface area contributed by atoms with E-state index in [9.17, 15) is 4.79 Å². The van der Waals surface area contributed by atoms with Gasteiger partial charge in [0.2, 0.25) is 0 Å².